The summed E-state index contributed by atoms with van der Waals surface area (Å²) in [7, 11) is 0. The molecule has 2 fully saturated rings. The number of morpholine rings is 1. The van der Waals surface area contributed by atoms with Gasteiger partial charge in [-0.1, -0.05) is 51.2 Å². The Morgan fingerprint density at radius 3 is 2.71 bits per heavy atom. The van der Waals surface area contributed by atoms with E-state index in [2.05, 4.69) is 17.1 Å². The summed E-state index contributed by atoms with van der Waals surface area (Å²) in [5.74, 6) is 1.11. The van der Waals surface area contributed by atoms with Gasteiger partial charge in [0.05, 0.1) is 25.5 Å². The molecular formula is C25H40N2O4. The van der Waals surface area contributed by atoms with Crippen molar-refractivity contribution in [1.29, 1.82) is 0 Å². The predicted octanol–water partition coefficient (Wildman–Crippen LogP) is 5.48. The van der Waals surface area contributed by atoms with E-state index in [1.807, 2.05) is 24.3 Å². The fraction of sp³-hybridized carbons (Fsp3) is 0.720. The van der Waals surface area contributed by atoms with Crippen LogP contribution in [0.5, 0.6) is 5.75 Å². The van der Waals surface area contributed by atoms with Crippen LogP contribution in [0.4, 0.5) is 10.5 Å². The number of ether oxygens (including phenoxy) is 3. The number of nitrogens with one attached hydrogen (secondary N) is 1. The number of hydrogen-bond donors (Lipinski definition) is 1. The van der Waals surface area contributed by atoms with E-state index in [1.54, 1.807) is 0 Å². The van der Waals surface area contributed by atoms with Crippen molar-refractivity contribution < 1.29 is 19.0 Å². The number of carbonyl (C=O) groups excluding carboxylic acids is 1. The molecule has 1 heterocycles. The highest BCUT2D eigenvalue weighted by molar-refractivity contribution is 5.86. The SMILES string of the molecule is CCCCCCCOc1ccccc1NC(=O)O[C@@H]1CCCC[C@@H]1CN1CCOCC1. The van der Waals surface area contributed by atoms with E-state index in [1.165, 1.54) is 32.1 Å². The van der Waals surface area contributed by atoms with Crippen molar-refractivity contribution in [1.82, 2.24) is 4.90 Å². The fourth-order valence-corrected chi connectivity index (χ4v) is 4.51. The predicted molar refractivity (Wildman–Crippen MR) is 124 cm³/mol. The third-order valence-electron chi connectivity index (χ3n) is 6.32. The molecule has 1 aromatic carbocycles. The lowest BCUT2D eigenvalue weighted by molar-refractivity contribution is -0.00352. The molecule has 6 heteroatoms. The van der Waals surface area contributed by atoms with Crippen LogP contribution in [-0.4, -0.2) is 56.6 Å². The Hall–Kier alpha value is -1.79. The topological polar surface area (TPSA) is 60.0 Å². The van der Waals surface area contributed by atoms with Crippen LogP contribution in [0.2, 0.25) is 0 Å². The summed E-state index contributed by atoms with van der Waals surface area (Å²) in [5, 5.41) is 2.92. The second kappa shape index (κ2) is 13.6. The maximum atomic E-state index is 12.7. The van der Waals surface area contributed by atoms with E-state index in [9.17, 15) is 4.79 Å². The first-order valence-corrected chi connectivity index (χ1v) is 12.3. The van der Waals surface area contributed by atoms with E-state index in [0.29, 0.717) is 24.0 Å². The molecule has 1 saturated carbocycles. The Morgan fingerprint density at radius 1 is 1.10 bits per heavy atom. The van der Waals surface area contributed by atoms with Crippen molar-refractivity contribution in [3.05, 3.63) is 24.3 Å². The van der Waals surface area contributed by atoms with Crippen LogP contribution in [0.15, 0.2) is 24.3 Å². The van der Waals surface area contributed by atoms with Gasteiger partial charge in [0.25, 0.3) is 0 Å². The Balaban J connectivity index is 1.47. The van der Waals surface area contributed by atoms with E-state index < -0.39 is 0 Å². The molecule has 174 valence electrons. The number of unbranched alkanes of at least 4 members (excludes halogenated alkanes) is 4. The second-order valence-corrected chi connectivity index (χ2v) is 8.79. The Labute approximate surface area is 187 Å². The number of nitrogens with zero attached hydrogens (tertiary/aromatic N) is 1. The summed E-state index contributed by atoms with van der Waals surface area (Å²) in [6.07, 6.45) is 9.97. The maximum Gasteiger partial charge on any atom is 0.412 e. The number of hydrogen-bond acceptors (Lipinski definition) is 5. The molecule has 0 aromatic heterocycles. The molecule has 1 aliphatic heterocycles. The molecule has 2 aliphatic rings. The van der Waals surface area contributed by atoms with Gasteiger partial charge in [-0.3, -0.25) is 10.2 Å². The minimum absolute atomic E-state index is 0.0248. The first kappa shape index (κ1) is 23.9. The van der Waals surface area contributed by atoms with Crippen LogP contribution in [0.3, 0.4) is 0 Å². The van der Waals surface area contributed by atoms with Crippen molar-refractivity contribution >= 4 is 11.8 Å². The van der Waals surface area contributed by atoms with E-state index in [-0.39, 0.29) is 12.2 Å². The Kier molecular flexibility index (Phi) is 10.5. The highest BCUT2D eigenvalue weighted by atomic mass is 16.6. The molecule has 0 bridgehead atoms. The molecule has 1 aliphatic carbocycles. The molecule has 2 atom stereocenters. The minimum atomic E-state index is -0.377. The third-order valence-corrected chi connectivity index (χ3v) is 6.32. The van der Waals surface area contributed by atoms with Crippen LogP contribution in [-0.2, 0) is 9.47 Å². The summed E-state index contributed by atoms with van der Waals surface area (Å²) in [5.41, 5.74) is 0.682. The zero-order chi connectivity index (χ0) is 21.7. The largest absolute Gasteiger partial charge is 0.491 e. The van der Waals surface area contributed by atoms with E-state index in [0.717, 1.165) is 58.5 Å². The van der Waals surface area contributed by atoms with Gasteiger partial charge in [-0.15, -0.1) is 0 Å². The lowest BCUT2D eigenvalue weighted by Gasteiger charge is -2.36. The molecule has 1 amide bonds. The van der Waals surface area contributed by atoms with Crippen molar-refractivity contribution in [3.63, 3.8) is 0 Å². The fourth-order valence-electron chi connectivity index (χ4n) is 4.51. The quantitative estimate of drug-likeness (QED) is 0.470. The van der Waals surface area contributed by atoms with Crippen LogP contribution in [0, 0.1) is 5.92 Å². The molecular weight excluding hydrogens is 392 g/mol. The molecule has 3 rings (SSSR count). The van der Waals surface area contributed by atoms with Gasteiger partial charge in [-0.25, -0.2) is 4.79 Å². The van der Waals surface area contributed by atoms with Crippen molar-refractivity contribution in [2.24, 2.45) is 5.92 Å². The number of anilines is 1. The van der Waals surface area contributed by atoms with Crippen LogP contribution in [0.25, 0.3) is 0 Å². The lowest BCUT2D eigenvalue weighted by Crippen LogP contribution is -2.44. The first-order chi connectivity index (χ1) is 15.3. The number of amides is 1. The monoisotopic (exact) mass is 432 g/mol. The van der Waals surface area contributed by atoms with Crippen LogP contribution < -0.4 is 10.1 Å². The van der Waals surface area contributed by atoms with Gasteiger partial charge >= 0.3 is 6.09 Å². The van der Waals surface area contributed by atoms with E-state index >= 15 is 0 Å². The van der Waals surface area contributed by atoms with Gasteiger partial charge in [-0.2, -0.15) is 0 Å². The normalized spacial score (nSPS) is 22.1. The molecule has 1 saturated heterocycles. The van der Waals surface area contributed by atoms with Crippen LogP contribution >= 0.6 is 0 Å². The van der Waals surface area contributed by atoms with Gasteiger partial charge in [0, 0.05) is 25.6 Å². The van der Waals surface area contributed by atoms with Crippen molar-refractivity contribution in [2.45, 2.75) is 70.8 Å². The van der Waals surface area contributed by atoms with Gasteiger partial charge < -0.3 is 14.2 Å². The number of carbonyl (C=O) groups is 1. The Morgan fingerprint density at radius 2 is 1.87 bits per heavy atom. The molecule has 6 nitrogen and oxygen atoms in total. The van der Waals surface area contributed by atoms with Crippen molar-refractivity contribution in [3.8, 4) is 5.75 Å². The first-order valence-electron chi connectivity index (χ1n) is 12.3. The molecule has 0 radical (unpaired) electrons. The lowest BCUT2D eigenvalue weighted by atomic mass is 9.86. The standard InChI is InChI=1S/C25H40N2O4/c1-2-3-4-5-10-17-30-24-14-9-7-12-22(24)26-25(28)31-23-13-8-6-11-21(23)20-27-15-18-29-19-16-27/h7,9,12,14,21,23H,2-6,8,10-11,13,15-20H2,1H3,(H,26,28)/t21-,23-/m1/s1. The van der Waals surface area contributed by atoms with Gasteiger partial charge in [0.2, 0.25) is 0 Å². The molecule has 31 heavy (non-hydrogen) atoms. The maximum absolute atomic E-state index is 12.7. The summed E-state index contributed by atoms with van der Waals surface area (Å²) < 4.78 is 17.3. The third kappa shape index (κ3) is 8.34. The summed E-state index contributed by atoms with van der Waals surface area (Å²) >= 11 is 0. The van der Waals surface area contributed by atoms with Crippen LogP contribution in [0.1, 0.15) is 64.7 Å². The minimum Gasteiger partial charge on any atom is -0.491 e. The summed E-state index contributed by atoms with van der Waals surface area (Å²) in [6.45, 7) is 7.41. The average Bonchev–Trinajstić information content (AvgIpc) is 2.79. The van der Waals surface area contributed by atoms with Gasteiger partial charge in [-0.05, 0) is 37.8 Å². The smallest absolute Gasteiger partial charge is 0.412 e. The highest BCUT2D eigenvalue weighted by Crippen LogP contribution is 2.29. The summed E-state index contributed by atoms with van der Waals surface area (Å²) in [6, 6.07) is 7.62. The highest BCUT2D eigenvalue weighted by Gasteiger charge is 2.30. The van der Waals surface area contributed by atoms with E-state index in [4.69, 9.17) is 14.2 Å². The second-order valence-electron chi connectivity index (χ2n) is 8.79. The Bertz CT molecular complexity index is 648. The van der Waals surface area contributed by atoms with Gasteiger partial charge in [0.1, 0.15) is 11.9 Å². The van der Waals surface area contributed by atoms with Crippen molar-refractivity contribution in [2.75, 3.05) is 44.8 Å². The average molecular weight is 433 g/mol. The molecule has 1 N–H and O–H groups in total. The zero-order valence-electron chi connectivity index (χ0n) is 19.2. The zero-order valence-corrected chi connectivity index (χ0v) is 19.2. The summed E-state index contributed by atoms with van der Waals surface area (Å²) in [4.78, 5) is 15.1. The number of para-hydroxylation sites is 2. The number of rotatable bonds is 11. The molecule has 0 spiro atoms. The number of benzene rings is 1. The van der Waals surface area contributed by atoms with Gasteiger partial charge in [0.15, 0.2) is 0 Å². The molecule has 0 unspecified atom stereocenters. The molecule has 1 aromatic rings.